The normalized spacial score (nSPS) is 25.8. The molecule has 146 valence electrons. The van der Waals surface area contributed by atoms with Gasteiger partial charge in [0, 0.05) is 18.9 Å². The van der Waals surface area contributed by atoms with E-state index in [-0.39, 0.29) is 11.8 Å². The number of hydrogen-bond donors (Lipinski definition) is 1. The van der Waals surface area contributed by atoms with Crippen LogP contribution < -0.4 is 10.5 Å². The van der Waals surface area contributed by atoms with Gasteiger partial charge in [0.2, 0.25) is 11.8 Å². The fraction of sp³-hybridized carbons (Fsp3) is 0.364. The topological polar surface area (TPSA) is 81.9 Å². The van der Waals surface area contributed by atoms with Crippen LogP contribution in [0.25, 0.3) is 0 Å². The van der Waals surface area contributed by atoms with Gasteiger partial charge in [0.25, 0.3) is 0 Å². The molecule has 4 rings (SSSR count). The quantitative estimate of drug-likeness (QED) is 0.616. The number of rotatable bonds is 6. The van der Waals surface area contributed by atoms with E-state index in [2.05, 4.69) is 0 Å². The molecule has 0 saturated carbocycles. The number of piperidine rings is 1. The monoisotopic (exact) mass is 380 g/mol. The molecule has 0 unspecified atom stereocenters. The number of para-hydroxylation sites is 1. The Hall–Kier alpha value is -2.86. The van der Waals surface area contributed by atoms with Crippen molar-refractivity contribution >= 4 is 11.8 Å². The van der Waals surface area contributed by atoms with Crippen molar-refractivity contribution < 1.29 is 19.1 Å². The van der Waals surface area contributed by atoms with Crippen LogP contribution in [0.2, 0.25) is 0 Å². The predicted molar refractivity (Wildman–Crippen MR) is 103 cm³/mol. The van der Waals surface area contributed by atoms with Gasteiger partial charge in [-0.15, -0.1) is 0 Å². The van der Waals surface area contributed by atoms with Crippen LogP contribution in [0.3, 0.4) is 0 Å². The number of carbonyl (C=O) groups excluding carboxylic acids is 2. The molecule has 3 atom stereocenters. The van der Waals surface area contributed by atoms with Gasteiger partial charge >= 0.3 is 0 Å². The van der Waals surface area contributed by atoms with Crippen LogP contribution >= 0.6 is 0 Å². The van der Waals surface area contributed by atoms with E-state index in [0.717, 1.165) is 11.1 Å². The fourth-order valence-electron chi connectivity index (χ4n) is 4.30. The van der Waals surface area contributed by atoms with Crippen molar-refractivity contribution in [3.8, 4) is 5.75 Å². The van der Waals surface area contributed by atoms with Gasteiger partial charge in [-0.3, -0.25) is 9.59 Å². The highest BCUT2D eigenvalue weighted by atomic mass is 16.5. The summed E-state index contributed by atoms with van der Waals surface area (Å²) in [6, 6.07) is 17.4. The molecule has 2 N–H and O–H groups in total. The molecule has 2 aromatic rings. The van der Waals surface area contributed by atoms with E-state index >= 15 is 0 Å². The van der Waals surface area contributed by atoms with E-state index in [4.69, 9.17) is 15.2 Å². The first kappa shape index (κ1) is 18.5. The second-order valence-corrected chi connectivity index (χ2v) is 7.53. The molecule has 0 aliphatic carbocycles. The summed E-state index contributed by atoms with van der Waals surface area (Å²) in [4.78, 5) is 26.9. The summed E-state index contributed by atoms with van der Waals surface area (Å²) < 4.78 is 12.0. The summed E-state index contributed by atoms with van der Waals surface area (Å²) in [5.74, 6) is -1.32. The minimum Gasteiger partial charge on any atom is -0.468 e. The summed E-state index contributed by atoms with van der Waals surface area (Å²) in [5, 5.41) is 0. The highest BCUT2D eigenvalue weighted by Crippen LogP contribution is 2.49. The minimum atomic E-state index is -0.882. The Morgan fingerprint density at radius 3 is 2.68 bits per heavy atom. The van der Waals surface area contributed by atoms with Gasteiger partial charge in [-0.2, -0.15) is 0 Å². The molecular formula is C22H24N2O4. The molecule has 2 aliphatic heterocycles. The van der Waals surface area contributed by atoms with Gasteiger partial charge in [0.15, 0.2) is 5.72 Å². The second-order valence-electron chi connectivity index (χ2n) is 7.53. The van der Waals surface area contributed by atoms with Gasteiger partial charge in [-0.1, -0.05) is 48.5 Å². The van der Waals surface area contributed by atoms with Crippen molar-refractivity contribution in [2.24, 2.45) is 11.7 Å². The lowest BCUT2D eigenvalue weighted by molar-refractivity contribution is -0.177. The smallest absolute Gasteiger partial charge is 0.238 e. The Morgan fingerprint density at radius 1 is 1.21 bits per heavy atom. The van der Waals surface area contributed by atoms with Gasteiger partial charge < -0.3 is 20.1 Å². The van der Waals surface area contributed by atoms with Gasteiger partial charge in [-0.25, -0.2) is 0 Å². The molecule has 2 aliphatic rings. The number of primary amides is 1. The van der Waals surface area contributed by atoms with Gasteiger partial charge in [0.1, 0.15) is 11.7 Å². The summed E-state index contributed by atoms with van der Waals surface area (Å²) in [7, 11) is 0. The van der Waals surface area contributed by atoms with Crippen molar-refractivity contribution in [2.75, 3.05) is 13.2 Å². The van der Waals surface area contributed by atoms with E-state index in [1.54, 1.807) is 4.90 Å². The number of amides is 2. The average molecular weight is 380 g/mol. The molecule has 0 aromatic heterocycles. The second kappa shape index (κ2) is 7.28. The van der Waals surface area contributed by atoms with Crippen LogP contribution in [0.15, 0.2) is 54.6 Å². The third-order valence-corrected chi connectivity index (χ3v) is 5.63. The van der Waals surface area contributed by atoms with Crippen molar-refractivity contribution in [1.29, 1.82) is 0 Å². The molecule has 2 heterocycles. The zero-order valence-electron chi connectivity index (χ0n) is 15.8. The summed E-state index contributed by atoms with van der Waals surface area (Å²) in [6.07, 6.45) is 0.530. The molecule has 2 amide bonds. The molecule has 2 bridgehead atoms. The first-order valence-electron chi connectivity index (χ1n) is 9.50. The fourth-order valence-corrected chi connectivity index (χ4v) is 4.30. The highest BCUT2D eigenvalue weighted by molar-refractivity contribution is 6.01. The molecule has 1 saturated heterocycles. The van der Waals surface area contributed by atoms with Crippen LogP contribution in [0, 0.1) is 5.92 Å². The number of ether oxygens (including phenoxy) is 2. The van der Waals surface area contributed by atoms with Crippen molar-refractivity contribution in [3.05, 3.63) is 65.7 Å². The molecular weight excluding hydrogens is 356 g/mol. The minimum absolute atomic E-state index is 0.263. The number of nitrogens with zero attached hydrogens (tertiary/aromatic N) is 1. The summed E-state index contributed by atoms with van der Waals surface area (Å²) in [6.45, 7) is 3.03. The van der Waals surface area contributed by atoms with Crippen molar-refractivity contribution in [1.82, 2.24) is 4.90 Å². The number of fused-ring (bicyclic) bond motifs is 4. The molecule has 2 aromatic carbocycles. The number of carbonyl (C=O) groups is 2. The van der Waals surface area contributed by atoms with E-state index in [0.29, 0.717) is 31.9 Å². The zero-order valence-corrected chi connectivity index (χ0v) is 15.8. The SMILES string of the molecule is C[C@@]12C[C@@H](c3ccccc3O1)[C@@H](C(N)=O)C(=O)N2CCOCc1ccccc1. The number of nitrogens with two attached hydrogens (primary N) is 1. The van der Waals surface area contributed by atoms with Crippen LogP contribution in [0.4, 0.5) is 0 Å². The van der Waals surface area contributed by atoms with Crippen molar-refractivity contribution in [2.45, 2.75) is 31.6 Å². The van der Waals surface area contributed by atoms with Crippen LogP contribution in [-0.4, -0.2) is 35.6 Å². The third kappa shape index (κ3) is 3.24. The molecule has 0 spiro atoms. The molecule has 1 fully saturated rings. The molecule has 0 radical (unpaired) electrons. The Bertz CT molecular complexity index is 885. The standard InChI is InChI=1S/C22H24N2O4/c1-22-13-17(16-9-5-6-10-18(16)28-22)19(20(23)25)21(26)24(22)11-12-27-14-15-7-3-2-4-8-15/h2-10,17,19H,11-14H2,1H3,(H2,23,25)/t17-,19-,22-/m0/s1. The molecule has 6 nitrogen and oxygen atoms in total. The Labute approximate surface area is 164 Å². The first-order valence-corrected chi connectivity index (χ1v) is 9.50. The number of likely N-dealkylation sites (tertiary alicyclic amines) is 1. The summed E-state index contributed by atoms with van der Waals surface area (Å²) in [5.41, 5.74) is 6.75. The van der Waals surface area contributed by atoms with Crippen LogP contribution in [0.5, 0.6) is 5.75 Å². The maximum absolute atomic E-state index is 13.1. The lowest BCUT2D eigenvalue weighted by Gasteiger charge is -2.52. The number of benzene rings is 2. The van der Waals surface area contributed by atoms with Crippen LogP contribution in [0.1, 0.15) is 30.4 Å². The highest BCUT2D eigenvalue weighted by Gasteiger charge is 2.55. The zero-order chi connectivity index (χ0) is 19.7. The van der Waals surface area contributed by atoms with E-state index in [9.17, 15) is 9.59 Å². The van der Waals surface area contributed by atoms with Gasteiger partial charge in [0.05, 0.1) is 13.2 Å². The first-order chi connectivity index (χ1) is 13.5. The Kier molecular flexibility index (Phi) is 4.81. The van der Waals surface area contributed by atoms with Crippen LogP contribution in [-0.2, 0) is 20.9 Å². The maximum Gasteiger partial charge on any atom is 0.238 e. The largest absolute Gasteiger partial charge is 0.468 e. The van der Waals surface area contributed by atoms with E-state index in [1.807, 2.05) is 61.5 Å². The lowest BCUT2D eigenvalue weighted by Crippen LogP contribution is -2.65. The molecule has 6 heteroatoms. The lowest BCUT2D eigenvalue weighted by atomic mass is 9.73. The van der Waals surface area contributed by atoms with E-state index in [1.165, 1.54) is 0 Å². The predicted octanol–water partition coefficient (Wildman–Crippen LogP) is 2.43. The Morgan fingerprint density at radius 2 is 1.93 bits per heavy atom. The summed E-state index contributed by atoms with van der Waals surface area (Å²) >= 11 is 0. The van der Waals surface area contributed by atoms with Crippen molar-refractivity contribution in [3.63, 3.8) is 0 Å². The maximum atomic E-state index is 13.1. The number of hydrogen-bond acceptors (Lipinski definition) is 4. The molecule has 28 heavy (non-hydrogen) atoms. The van der Waals surface area contributed by atoms with E-state index < -0.39 is 17.6 Å². The van der Waals surface area contributed by atoms with Gasteiger partial charge in [-0.05, 0) is 24.1 Å². The Balaban J connectivity index is 1.52. The average Bonchev–Trinajstić information content (AvgIpc) is 2.67. The third-order valence-electron chi connectivity index (χ3n) is 5.63.